The largest absolute Gasteiger partial charge is 0.458 e. The van der Waals surface area contributed by atoms with Crippen LogP contribution in [0.2, 0.25) is 0 Å². The van der Waals surface area contributed by atoms with Gasteiger partial charge in [-0.1, -0.05) is 18.2 Å². The molecule has 1 atom stereocenters. The Morgan fingerprint density at radius 1 is 1.32 bits per heavy atom. The summed E-state index contributed by atoms with van der Waals surface area (Å²) < 4.78 is 8.36. The Morgan fingerprint density at radius 2 is 1.95 bits per heavy atom. The molecule has 1 aromatic heterocycles. The van der Waals surface area contributed by atoms with E-state index in [-0.39, 0.29) is 12.0 Å². The zero-order valence-electron chi connectivity index (χ0n) is 11.6. The molecule has 2 aromatic rings. The molecule has 1 unspecified atom stereocenters. The number of para-hydroxylation sites is 1. The molecule has 0 radical (unpaired) electrons. The van der Waals surface area contributed by atoms with E-state index < -0.39 is 5.60 Å². The molecule has 0 spiro atoms. The van der Waals surface area contributed by atoms with E-state index >= 15 is 0 Å². The fourth-order valence-electron chi connectivity index (χ4n) is 1.98. The van der Waals surface area contributed by atoms with Gasteiger partial charge in [-0.05, 0) is 49.7 Å². The number of nitrogens with zero attached hydrogens (tertiary/aromatic N) is 1. The summed E-state index contributed by atoms with van der Waals surface area (Å²) >= 11 is 3.52. The number of hydrogen-bond donors (Lipinski definition) is 0. The van der Waals surface area contributed by atoms with Crippen LogP contribution in [-0.4, -0.2) is 16.1 Å². The fraction of sp³-hybridized carbons (Fsp3) is 0.400. The maximum Gasteiger partial charge on any atom is 0.329 e. The number of esters is 1. The average molecular weight is 324 g/mol. The molecule has 4 heteroatoms. The smallest absolute Gasteiger partial charge is 0.329 e. The molecule has 0 amide bonds. The van der Waals surface area contributed by atoms with Crippen LogP contribution in [0.25, 0.3) is 10.9 Å². The number of carbonyl (C=O) groups is 1. The summed E-state index contributed by atoms with van der Waals surface area (Å²) in [6.45, 7) is 7.48. The maximum absolute atomic E-state index is 12.2. The number of aromatic nitrogens is 1. The minimum absolute atomic E-state index is 0.222. The number of hydrogen-bond acceptors (Lipinski definition) is 2. The third-order valence-corrected chi connectivity index (χ3v) is 3.49. The van der Waals surface area contributed by atoms with Gasteiger partial charge in [0, 0.05) is 21.6 Å². The first kappa shape index (κ1) is 14.1. The van der Waals surface area contributed by atoms with Crippen LogP contribution < -0.4 is 0 Å². The van der Waals surface area contributed by atoms with E-state index in [1.165, 1.54) is 0 Å². The monoisotopic (exact) mass is 323 g/mol. The van der Waals surface area contributed by atoms with Crippen molar-refractivity contribution < 1.29 is 9.53 Å². The van der Waals surface area contributed by atoms with Crippen molar-refractivity contribution in [3.05, 3.63) is 34.9 Å². The van der Waals surface area contributed by atoms with Crippen LogP contribution in [0.4, 0.5) is 0 Å². The van der Waals surface area contributed by atoms with Gasteiger partial charge in [0.2, 0.25) is 0 Å². The van der Waals surface area contributed by atoms with Gasteiger partial charge in [-0.15, -0.1) is 0 Å². The van der Waals surface area contributed by atoms with Gasteiger partial charge in [0.05, 0.1) is 0 Å². The predicted octanol–water partition coefficient (Wildman–Crippen LogP) is 4.31. The summed E-state index contributed by atoms with van der Waals surface area (Å²) in [4.78, 5) is 12.2. The minimum Gasteiger partial charge on any atom is -0.458 e. The van der Waals surface area contributed by atoms with E-state index in [1.54, 1.807) is 0 Å². The van der Waals surface area contributed by atoms with E-state index in [9.17, 15) is 4.79 Å². The van der Waals surface area contributed by atoms with E-state index in [4.69, 9.17) is 4.74 Å². The Bertz CT molecular complexity index is 610. The van der Waals surface area contributed by atoms with Gasteiger partial charge in [-0.25, -0.2) is 4.79 Å². The van der Waals surface area contributed by atoms with Gasteiger partial charge in [-0.2, -0.15) is 0 Å². The third-order valence-electron chi connectivity index (χ3n) is 2.86. The molecule has 0 aliphatic carbocycles. The molecule has 0 N–H and O–H groups in total. The molecular formula is C15H18BrNO2. The molecule has 102 valence electrons. The molecule has 1 heterocycles. The SMILES string of the molecule is CC(C(=O)OC(C)(C)C)n1cc(Br)c2ccccc21. The minimum atomic E-state index is -0.467. The fourth-order valence-corrected chi connectivity index (χ4v) is 2.54. The normalized spacial score (nSPS) is 13.5. The van der Waals surface area contributed by atoms with Gasteiger partial charge >= 0.3 is 5.97 Å². The second-order valence-electron chi connectivity index (χ2n) is 5.61. The molecule has 0 fully saturated rings. The molecule has 0 saturated carbocycles. The third kappa shape index (κ3) is 3.00. The van der Waals surface area contributed by atoms with Gasteiger partial charge in [-0.3, -0.25) is 0 Å². The number of fused-ring (bicyclic) bond motifs is 1. The lowest BCUT2D eigenvalue weighted by Crippen LogP contribution is -2.28. The quantitative estimate of drug-likeness (QED) is 0.771. The highest BCUT2D eigenvalue weighted by Gasteiger charge is 2.24. The number of carbonyl (C=O) groups excluding carboxylic acids is 1. The van der Waals surface area contributed by atoms with Crippen LogP contribution in [0.15, 0.2) is 34.9 Å². The molecule has 1 aromatic carbocycles. The van der Waals surface area contributed by atoms with E-state index in [0.29, 0.717) is 0 Å². The summed E-state index contributed by atoms with van der Waals surface area (Å²) in [5.74, 6) is -0.222. The predicted molar refractivity (Wildman–Crippen MR) is 80.2 cm³/mol. The molecule has 0 saturated heterocycles. The molecule has 0 aliphatic rings. The maximum atomic E-state index is 12.2. The first-order valence-electron chi connectivity index (χ1n) is 6.27. The van der Waals surface area contributed by atoms with Crippen molar-refractivity contribution >= 4 is 32.8 Å². The Hall–Kier alpha value is -1.29. The van der Waals surface area contributed by atoms with Crippen LogP contribution in [0.1, 0.15) is 33.7 Å². The van der Waals surface area contributed by atoms with Crippen molar-refractivity contribution in [1.82, 2.24) is 4.57 Å². The summed E-state index contributed by atoms with van der Waals surface area (Å²) in [6.07, 6.45) is 1.93. The second kappa shape index (κ2) is 5.00. The van der Waals surface area contributed by atoms with E-state index in [2.05, 4.69) is 15.9 Å². The summed E-state index contributed by atoms with van der Waals surface area (Å²) in [7, 11) is 0. The molecular weight excluding hydrogens is 306 g/mol. The van der Waals surface area contributed by atoms with Crippen molar-refractivity contribution in [1.29, 1.82) is 0 Å². The first-order chi connectivity index (χ1) is 8.79. The van der Waals surface area contributed by atoms with E-state index in [1.807, 2.05) is 62.7 Å². The topological polar surface area (TPSA) is 31.2 Å². The zero-order valence-corrected chi connectivity index (χ0v) is 13.2. The molecule has 0 aliphatic heterocycles. The van der Waals surface area contributed by atoms with Crippen molar-refractivity contribution in [3.63, 3.8) is 0 Å². The summed E-state index contributed by atoms with van der Waals surface area (Å²) in [5, 5.41) is 1.10. The first-order valence-corrected chi connectivity index (χ1v) is 7.07. The average Bonchev–Trinajstić information content (AvgIpc) is 2.64. The van der Waals surface area contributed by atoms with Crippen molar-refractivity contribution in [3.8, 4) is 0 Å². The lowest BCUT2D eigenvalue weighted by molar-refractivity contribution is -0.158. The standard InChI is InChI=1S/C15H18BrNO2/c1-10(14(18)19-15(2,3)4)17-9-12(16)11-7-5-6-8-13(11)17/h5-10H,1-4H3. The van der Waals surface area contributed by atoms with Crippen LogP contribution in [0.5, 0.6) is 0 Å². The lowest BCUT2D eigenvalue weighted by Gasteiger charge is -2.23. The number of benzene rings is 1. The highest BCUT2D eigenvalue weighted by atomic mass is 79.9. The van der Waals surface area contributed by atoms with Crippen LogP contribution in [0, 0.1) is 0 Å². The highest BCUT2D eigenvalue weighted by Crippen LogP contribution is 2.29. The second-order valence-corrected chi connectivity index (χ2v) is 6.47. The van der Waals surface area contributed by atoms with Crippen LogP contribution >= 0.6 is 15.9 Å². The number of halogens is 1. The summed E-state index contributed by atoms with van der Waals surface area (Å²) in [5.41, 5.74) is 0.554. The Kier molecular flexibility index (Phi) is 3.72. The van der Waals surface area contributed by atoms with Crippen molar-refractivity contribution in [2.24, 2.45) is 0 Å². The Balaban J connectivity index is 2.37. The highest BCUT2D eigenvalue weighted by molar-refractivity contribution is 9.10. The molecule has 2 rings (SSSR count). The zero-order chi connectivity index (χ0) is 14.2. The molecule has 19 heavy (non-hydrogen) atoms. The van der Waals surface area contributed by atoms with Crippen molar-refractivity contribution in [2.75, 3.05) is 0 Å². The molecule has 3 nitrogen and oxygen atoms in total. The lowest BCUT2D eigenvalue weighted by atomic mass is 10.2. The van der Waals surface area contributed by atoms with Crippen molar-refractivity contribution in [2.45, 2.75) is 39.3 Å². The van der Waals surface area contributed by atoms with Gasteiger partial charge < -0.3 is 9.30 Å². The summed E-state index contributed by atoms with van der Waals surface area (Å²) in [6, 6.07) is 7.62. The van der Waals surface area contributed by atoms with Crippen LogP contribution in [0.3, 0.4) is 0 Å². The van der Waals surface area contributed by atoms with Gasteiger partial charge in [0.1, 0.15) is 11.6 Å². The molecule has 0 bridgehead atoms. The number of ether oxygens (including phenoxy) is 1. The van der Waals surface area contributed by atoms with Gasteiger partial charge in [0.15, 0.2) is 0 Å². The number of rotatable bonds is 2. The van der Waals surface area contributed by atoms with E-state index in [0.717, 1.165) is 15.4 Å². The Morgan fingerprint density at radius 3 is 2.58 bits per heavy atom. The van der Waals surface area contributed by atoms with Gasteiger partial charge in [0.25, 0.3) is 0 Å². The van der Waals surface area contributed by atoms with Crippen LogP contribution in [-0.2, 0) is 9.53 Å². The Labute approximate surface area is 121 Å².